The number of sulfone groups is 1. The molecule has 1 atom stereocenters. The highest BCUT2D eigenvalue weighted by Gasteiger charge is 2.40. The molecule has 0 aliphatic carbocycles. The van der Waals surface area contributed by atoms with Crippen molar-refractivity contribution in [2.45, 2.75) is 42.7 Å². The highest BCUT2D eigenvalue weighted by atomic mass is 32.2. The van der Waals surface area contributed by atoms with Gasteiger partial charge in [-0.05, 0) is 68.7 Å². The smallest absolute Gasteiger partial charge is 0.253 e. The summed E-state index contributed by atoms with van der Waals surface area (Å²) in [5, 5.41) is 3.98. The number of carbonyl (C=O) groups is 1. The standard InChI is InChI=1S/C26H28N6O3S/c1-16-14-26(2,3)32(15-16)25-23(24(27)33)20(10-12-29-25)36(34,35)22-6-4-5-21(31-22)30-18-7-8-19-17(13-18)9-11-28-19/h4-13,16,28H,14-15H2,1-3H3,(H2,27,33)(H,30,31). The fourth-order valence-electron chi connectivity index (χ4n) is 5.08. The van der Waals surface area contributed by atoms with Gasteiger partial charge >= 0.3 is 0 Å². The second-order valence-corrected chi connectivity index (χ2v) is 11.7. The van der Waals surface area contributed by atoms with E-state index in [4.69, 9.17) is 5.73 Å². The molecule has 4 aromatic rings. The van der Waals surface area contributed by atoms with E-state index in [1.54, 1.807) is 12.1 Å². The minimum absolute atomic E-state index is 0.113. The van der Waals surface area contributed by atoms with Crippen LogP contribution in [0, 0.1) is 5.92 Å². The van der Waals surface area contributed by atoms with E-state index in [0.717, 1.165) is 23.0 Å². The first-order valence-electron chi connectivity index (χ1n) is 11.7. The molecule has 0 saturated carbocycles. The second-order valence-electron chi connectivity index (χ2n) is 9.87. The van der Waals surface area contributed by atoms with E-state index < -0.39 is 15.7 Å². The van der Waals surface area contributed by atoms with Gasteiger partial charge in [0.25, 0.3) is 5.91 Å². The third kappa shape index (κ3) is 4.17. The zero-order chi connectivity index (χ0) is 25.7. The Morgan fingerprint density at radius 1 is 1.19 bits per heavy atom. The molecular weight excluding hydrogens is 476 g/mol. The van der Waals surface area contributed by atoms with Crippen LogP contribution >= 0.6 is 0 Å². The summed E-state index contributed by atoms with van der Waals surface area (Å²) in [7, 11) is -4.18. The van der Waals surface area contributed by atoms with Crippen molar-refractivity contribution in [3.05, 3.63) is 66.5 Å². The van der Waals surface area contributed by atoms with Gasteiger partial charge < -0.3 is 20.9 Å². The van der Waals surface area contributed by atoms with Crippen LogP contribution in [0.25, 0.3) is 10.9 Å². The number of carbonyl (C=O) groups excluding carboxylic acids is 1. The van der Waals surface area contributed by atoms with Crippen molar-refractivity contribution in [1.29, 1.82) is 0 Å². The van der Waals surface area contributed by atoms with Gasteiger partial charge in [0.05, 0.1) is 4.90 Å². The number of rotatable bonds is 6. The van der Waals surface area contributed by atoms with Crippen LogP contribution < -0.4 is 16.0 Å². The van der Waals surface area contributed by atoms with Gasteiger partial charge in [-0.15, -0.1) is 0 Å². The first kappa shape index (κ1) is 23.8. The fourth-order valence-corrected chi connectivity index (χ4v) is 6.48. The predicted octanol–water partition coefficient (Wildman–Crippen LogP) is 4.26. The Kier molecular flexibility index (Phi) is 5.71. The Labute approximate surface area is 209 Å². The molecule has 0 spiro atoms. The van der Waals surface area contributed by atoms with Crippen molar-refractivity contribution >= 4 is 44.0 Å². The Hall–Kier alpha value is -3.92. The average Bonchev–Trinajstić information content (AvgIpc) is 3.40. The third-order valence-corrected chi connectivity index (χ3v) is 8.28. The van der Waals surface area contributed by atoms with E-state index in [9.17, 15) is 13.2 Å². The summed E-state index contributed by atoms with van der Waals surface area (Å²) in [5.41, 5.74) is 7.08. The molecule has 0 bridgehead atoms. The van der Waals surface area contributed by atoms with E-state index in [1.165, 1.54) is 18.3 Å². The maximum atomic E-state index is 13.7. The Balaban J connectivity index is 1.54. The number of nitrogens with two attached hydrogens (primary N) is 1. The van der Waals surface area contributed by atoms with Gasteiger partial charge in [-0.3, -0.25) is 4.79 Å². The summed E-state index contributed by atoms with van der Waals surface area (Å²) in [6, 6.07) is 13.7. The van der Waals surface area contributed by atoms with Crippen molar-refractivity contribution in [2.24, 2.45) is 11.7 Å². The monoisotopic (exact) mass is 504 g/mol. The van der Waals surface area contributed by atoms with Gasteiger partial charge in [0.1, 0.15) is 17.2 Å². The van der Waals surface area contributed by atoms with Crippen LogP contribution in [0.5, 0.6) is 0 Å². The lowest BCUT2D eigenvalue weighted by Crippen LogP contribution is -2.40. The molecule has 4 heterocycles. The molecule has 1 fully saturated rings. The van der Waals surface area contributed by atoms with Crippen LogP contribution in [0.15, 0.2) is 70.8 Å². The third-order valence-electron chi connectivity index (χ3n) is 6.58. The highest BCUT2D eigenvalue weighted by Crippen LogP contribution is 2.39. The Morgan fingerprint density at radius 3 is 2.72 bits per heavy atom. The molecule has 5 rings (SSSR count). The summed E-state index contributed by atoms with van der Waals surface area (Å²) in [5.74, 6) is 0.154. The molecule has 186 valence electrons. The number of fused-ring (bicyclic) bond motifs is 1. The van der Waals surface area contributed by atoms with Crippen molar-refractivity contribution in [1.82, 2.24) is 15.0 Å². The van der Waals surface area contributed by atoms with Gasteiger partial charge in [0.15, 0.2) is 5.03 Å². The SMILES string of the molecule is CC1CN(c2nccc(S(=O)(=O)c3cccc(Nc4ccc5[nH]ccc5c4)n3)c2C(N)=O)C(C)(C)C1. The molecule has 1 aliphatic rings. The van der Waals surface area contributed by atoms with Gasteiger partial charge in [-0.25, -0.2) is 18.4 Å². The summed E-state index contributed by atoms with van der Waals surface area (Å²) in [6.45, 7) is 6.85. The van der Waals surface area contributed by atoms with E-state index in [1.807, 2.05) is 49.2 Å². The number of anilines is 3. The topological polar surface area (TPSA) is 134 Å². The van der Waals surface area contributed by atoms with Gasteiger partial charge in [-0.2, -0.15) is 0 Å². The zero-order valence-corrected chi connectivity index (χ0v) is 21.1. The largest absolute Gasteiger partial charge is 0.365 e. The molecule has 1 aromatic carbocycles. The molecular formula is C26H28N6O3S. The Morgan fingerprint density at radius 2 is 2.00 bits per heavy atom. The lowest BCUT2D eigenvalue weighted by atomic mass is 9.97. The number of benzene rings is 1. The second kappa shape index (κ2) is 8.63. The molecule has 10 heteroatoms. The first-order valence-corrected chi connectivity index (χ1v) is 13.2. The summed E-state index contributed by atoms with van der Waals surface area (Å²) < 4.78 is 27.5. The predicted molar refractivity (Wildman–Crippen MR) is 139 cm³/mol. The molecule has 3 aromatic heterocycles. The molecule has 9 nitrogen and oxygen atoms in total. The van der Waals surface area contributed by atoms with Crippen LogP contribution in [0.3, 0.4) is 0 Å². The van der Waals surface area contributed by atoms with Gasteiger partial charge in [0.2, 0.25) is 9.84 Å². The van der Waals surface area contributed by atoms with E-state index in [0.29, 0.717) is 18.3 Å². The maximum Gasteiger partial charge on any atom is 0.253 e. The summed E-state index contributed by atoms with van der Waals surface area (Å²) in [6.07, 6.45) is 4.14. The minimum Gasteiger partial charge on any atom is -0.365 e. The number of aromatic amines is 1. The first-order chi connectivity index (χ1) is 17.1. The highest BCUT2D eigenvalue weighted by molar-refractivity contribution is 7.91. The van der Waals surface area contributed by atoms with Crippen LogP contribution in [-0.2, 0) is 9.84 Å². The number of hydrogen-bond donors (Lipinski definition) is 3. The number of amides is 1. The zero-order valence-electron chi connectivity index (χ0n) is 20.3. The number of nitrogens with zero attached hydrogens (tertiary/aromatic N) is 3. The van der Waals surface area contributed by atoms with E-state index in [2.05, 4.69) is 27.2 Å². The molecule has 1 saturated heterocycles. The number of primary amides is 1. The number of nitrogens with one attached hydrogen (secondary N) is 2. The van der Waals surface area contributed by atoms with Gasteiger partial charge in [-0.1, -0.05) is 13.0 Å². The lowest BCUT2D eigenvalue weighted by Gasteiger charge is -2.33. The van der Waals surface area contributed by atoms with Crippen LogP contribution in [0.2, 0.25) is 0 Å². The van der Waals surface area contributed by atoms with Crippen molar-refractivity contribution in [3.8, 4) is 0 Å². The molecule has 4 N–H and O–H groups in total. The fraction of sp³-hybridized carbons (Fsp3) is 0.269. The van der Waals surface area contributed by atoms with Crippen LogP contribution in [0.4, 0.5) is 17.3 Å². The lowest BCUT2D eigenvalue weighted by molar-refractivity contribution is 0.0997. The maximum absolute atomic E-state index is 13.7. The molecule has 1 aliphatic heterocycles. The van der Waals surface area contributed by atoms with Gasteiger partial charge in [0, 0.05) is 41.1 Å². The summed E-state index contributed by atoms with van der Waals surface area (Å²) in [4.78, 5) is 26.3. The number of pyridine rings is 2. The van der Waals surface area contributed by atoms with E-state index in [-0.39, 0.29) is 26.8 Å². The van der Waals surface area contributed by atoms with Crippen LogP contribution in [0.1, 0.15) is 37.6 Å². The number of aromatic nitrogens is 3. The van der Waals surface area contributed by atoms with Crippen LogP contribution in [-0.4, -0.2) is 41.4 Å². The number of hydrogen-bond acceptors (Lipinski definition) is 7. The Bertz CT molecular complexity index is 1580. The average molecular weight is 505 g/mol. The van der Waals surface area contributed by atoms with Crippen molar-refractivity contribution < 1.29 is 13.2 Å². The quantitative estimate of drug-likeness (QED) is 0.357. The van der Waals surface area contributed by atoms with Crippen molar-refractivity contribution in [3.63, 3.8) is 0 Å². The minimum atomic E-state index is -4.18. The molecule has 1 unspecified atom stereocenters. The van der Waals surface area contributed by atoms with Crippen molar-refractivity contribution in [2.75, 3.05) is 16.8 Å². The van der Waals surface area contributed by atoms with E-state index >= 15 is 0 Å². The normalized spacial score (nSPS) is 17.4. The number of H-pyrrole nitrogens is 1. The molecule has 0 radical (unpaired) electrons. The summed E-state index contributed by atoms with van der Waals surface area (Å²) >= 11 is 0. The molecule has 1 amide bonds. The molecule has 36 heavy (non-hydrogen) atoms.